The Bertz CT molecular complexity index is 1100. The molecule has 2 heterocycles. The number of nitrogens with zero attached hydrogens (tertiary/aromatic N) is 1. The van der Waals surface area contributed by atoms with Crippen molar-refractivity contribution in [2.24, 2.45) is 5.92 Å². The first kappa shape index (κ1) is 25.0. The number of hydrogen-bond donors (Lipinski definition) is 4. The number of carbonyl (C=O) groups is 2. The van der Waals surface area contributed by atoms with Crippen molar-refractivity contribution in [1.29, 1.82) is 0 Å². The highest BCUT2D eigenvalue weighted by Gasteiger charge is 2.57. The number of ketones is 1. The van der Waals surface area contributed by atoms with E-state index < -0.39 is 42.1 Å². The molecular weight excluding hydrogens is 474 g/mol. The van der Waals surface area contributed by atoms with Crippen LogP contribution < -0.4 is 9.47 Å². The first-order chi connectivity index (χ1) is 17.1. The van der Waals surface area contributed by atoms with E-state index in [1.54, 1.807) is 6.07 Å². The third-order valence-electron chi connectivity index (χ3n) is 8.23. The molecule has 0 saturated carbocycles. The smallest absolute Gasteiger partial charge is 0.335 e. The molecule has 0 amide bonds. The number of fused-ring (bicyclic) bond motifs is 1. The number of piperidine rings is 1. The van der Waals surface area contributed by atoms with E-state index >= 15 is 0 Å². The summed E-state index contributed by atoms with van der Waals surface area (Å²) < 4.78 is 22.5. The van der Waals surface area contributed by atoms with Crippen LogP contribution in [0.2, 0.25) is 0 Å². The van der Waals surface area contributed by atoms with Crippen molar-refractivity contribution in [3.8, 4) is 11.5 Å². The molecule has 196 valence electrons. The van der Waals surface area contributed by atoms with Crippen LogP contribution in [0.15, 0.2) is 24.0 Å². The maximum Gasteiger partial charge on any atom is 0.335 e. The zero-order valence-corrected chi connectivity index (χ0v) is 20.3. The van der Waals surface area contributed by atoms with Crippen molar-refractivity contribution in [1.82, 2.24) is 4.90 Å². The number of likely N-dealkylation sites (N-methyl/N-ethyl adjacent to an activating group) is 1. The van der Waals surface area contributed by atoms with Crippen molar-refractivity contribution in [3.63, 3.8) is 0 Å². The average molecular weight is 506 g/mol. The first-order valence-corrected chi connectivity index (χ1v) is 11.9. The molecule has 11 heteroatoms. The van der Waals surface area contributed by atoms with Gasteiger partial charge in [-0.15, -0.1) is 0 Å². The fourth-order valence-electron chi connectivity index (χ4n) is 6.39. The first-order valence-electron chi connectivity index (χ1n) is 11.9. The van der Waals surface area contributed by atoms with E-state index in [9.17, 15) is 30.0 Å². The lowest BCUT2D eigenvalue weighted by atomic mass is 9.53. The lowest BCUT2D eigenvalue weighted by Crippen LogP contribution is -2.62. The van der Waals surface area contributed by atoms with Gasteiger partial charge < -0.3 is 44.3 Å². The highest BCUT2D eigenvalue weighted by Crippen LogP contribution is 2.58. The number of ether oxygens (including phenoxy) is 4. The average Bonchev–Trinajstić information content (AvgIpc) is 2.85. The zero-order valence-electron chi connectivity index (χ0n) is 20.3. The summed E-state index contributed by atoms with van der Waals surface area (Å²) in [5, 5.41) is 40.4. The van der Waals surface area contributed by atoms with Crippen molar-refractivity contribution >= 4 is 11.8 Å². The van der Waals surface area contributed by atoms with Gasteiger partial charge >= 0.3 is 5.97 Å². The summed E-state index contributed by atoms with van der Waals surface area (Å²) in [7, 11) is 4.99. The Hall–Kier alpha value is -2.70. The predicted molar refractivity (Wildman–Crippen MR) is 123 cm³/mol. The highest BCUT2D eigenvalue weighted by atomic mass is 16.7. The minimum absolute atomic E-state index is 0.0674. The summed E-state index contributed by atoms with van der Waals surface area (Å²) in [5.41, 5.74) is 1.05. The van der Waals surface area contributed by atoms with Gasteiger partial charge in [0.05, 0.1) is 14.2 Å². The van der Waals surface area contributed by atoms with Gasteiger partial charge in [-0.3, -0.25) is 4.79 Å². The Morgan fingerprint density at radius 3 is 2.56 bits per heavy atom. The quantitative estimate of drug-likeness (QED) is 0.412. The Morgan fingerprint density at radius 1 is 1.14 bits per heavy atom. The summed E-state index contributed by atoms with van der Waals surface area (Å²) in [4.78, 5) is 27.0. The van der Waals surface area contributed by atoms with E-state index in [4.69, 9.17) is 18.9 Å². The van der Waals surface area contributed by atoms with Crippen LogP contribution in [0.3, 0.4) is 0 Å². The number of Topliss-reactive ketones (excluding diaryl/α,β-unsaturated/α-hetero) is 1. The Morgan fingerprint density at radius 2 is 1.89 bits per heavy atom. The lowest BCUT2D eigenvalue weighted by molar-refractivity contribution is -0.271. The molecular formula is C25H31NO10. The molecule has 36 heavy (non-hydrogen) atoms. The molecule has 2 aliphatic heterocycles. The SMILES string of the molecule is COC1=CC2C3Cc4ccc(OC)c(OC5OC(C(=O)O)C(O)C(O)C5O)c4C2(CCN3C)CC1=O. The van der Waals surface area contributed by atoms with E-state index in [-0.39, 0.29) is 29.9 Å². The number of aliphatic carboxylic acids is 1. The second kappa shape index (κ2) is 9.00. The summed E-state index contributed by atoms with van der Waals surface area (Å²) >= 11 is 0. The molecule has 1 aromatic carbocycles. The summed E-state index contributed by atoms with van der Waals surface area (Å²) in [6.07, 6.45) is -5.40. The molecule has 8 atom stereocenters. The second-order valence-corrected chi connectivity index (χ2v) is 10.0. The molecule has 1 aromatic rings. The highest BCUT2D eigenvalue weighted by molar-refractivity contribution is 5.96. The number of aliphatic hydroxyl groups excluding tert-OH is 3. The van der Waals surface area contributed by atoms with Crippen molar-refractivity contribution in [2.45, 2.75) is 61.4 Å². The number of carbonyl (C=O) groups excluding carboxylic acids is 1. The fraction of sp³-hybridized carbons (Fsp3) is 0.600. The maximum atomic E-state index is 13.1. The van der Waals surface area contributed by atoms with E-state index in [0.29, 0.717) is 24.4 Å². The van der Waals surface area contributed by atoms with Crippen LogP contribution in [-0.2, 0) is 30.9 Å². The van der Waals surface area contributed by atoms with Gasteiger partial charge in [0.25, 0.3) is 0 Å². The van der Waals surface area contributed by atoms with Gasteiger partial charge in [0.2, 0.25) is 6.29 Å². The zero-order chi connectivity index (χ0) is 25.9. The summed E-state index contributed by atoms with van der Waals surface area (Å²) in [5.74, 6) is -0.828. The molecule has 2 aliphatic carbocycles. The molecule has 0 spiro atoms. The molecule has 0 aromatic heterocycles. The molecule has 2 fully saturated rings. The van der Waals surface area contributed by atoms with Gasteiger partial charge in [0.1, 0.15) is 18.3 Å². The Labute approximate surface area is 207 Å². The van der Waals surface area contributed by atoms with Gasteiger partial charge in [-0.1, -0.05) is 6.07 Å². The van der Waals surface area contributed by atoms with Crippen LogP contribution in [0, 0.1) is 5.92 Å². The van der Waals surface area contributed by atoms with E-state index in [1.807, 2.05) is 12.1 Å². The minimum Gasteiger partial charge on any atom is -0.493 e. The van der Waals surface area contributed by atoms with Crippen LogP contribution in [0.4, 0.5) is 0 Å². The standard InChI is InChI=1S/C25H31NO10/c1-26-7-6-25-10-14(27)16(34-3)9-12(25)13(26)8-11-4-5-15(33-2)21(17(11)25)35-24-20(30)18(28)19(29)22(36-24)23(31)32/h4-5,9,12-13,18-20,22,24,28-30H,6-8,10H2,1-3H3,(H,31,32). The van der Waals surface area contributed by atoms with Gasteiger partial charge in [-0.2, -0.15) is 0 Å². The van der Waals surface area contributed by atoms with Gasteiger partial charge in [0, 0.05) is 29.4 Å². The van der Waals surface area contributed by atoms with Crippen LogP contribution in [0.25, 0.3) is 0 Å². The number of aliphatic hydroxyl groups is 3. The van der Waals surface area contributed by atoms with Gasteiger partial charge in [-0.05, 0) is 44.1 Å². The summed E-state index contributed by atoms with van der Waals surface area (Å²) in [6.45, 7) is 0.745. The van der Waals surface area contributed by atoms with E-state index in [1.165, 1.54) is 14.2 Å². The third kappa shape index (κ3) is 3.60. The molecule has 2 saturated heterocycles. The molecule has 4 aliphatic rings. The number of carboxylic acids is 1. The fourth-order valence-corrected chi connectivity index (χ4v) is 6.39. The molecule has 2 bridgehead atoms. The van der Waals surface area contributed by atoms with Gasteiger partial charge in [0.15, 0.2) is 29.1 Å². The number of hydrogen-bond acceptors (Lipinski definition) is 10. The van der Waals surface area contributed by atoms with Crippen molar-refractivity contribution in [2.75, 3.05) is 27.8 Å². The molecule has 8 unspecified atom stereocenters. The number of allylic oxidation sites excluding steroid dienone is 1. The Balaban J connectivity index is 1.64. The topological polar surface area (TPSA) is 155 Å². The number of rotatable bonds is 5. The lowest BCUT2D eigenvalue weighted by Gasteiger charge is -2.56. The number of benzene rings is 1. The largest absolute Gasteiger partial charge is 0.493 e. The number of methoxy groups -OCH3 is 2. The number of likely N-dealkylation sites (tertiary alicyclic amines) is 1. The van der Waals surface area contributed by atoms with Crippen LogP contribution in [0.5, 0.6) is 11.5 Å². The third-order valence-corrected chi connectivity index (χ3v) is 8.23. The van der Waals surface area contributed by atoms with Crippen LogP contribution >= 0.6 is 0 Å². The normalized spacial score (nSPS) is 37.9. The number of carboxylic acid groups (broad SMARTS) is 1. The predicted octanol–water partition coefficient (Wildman–Crippen LogP) is -0.416. The second-order valence-electron chi connectivity index (χ2n) is 10.0. The monoisotopic (exact) mass is 505 g/mol. The van der Waals surface area contributed by atoms with Crippen LogP contribution in [0.1, 0.15) is 24.0 Å². The molecule has 5 rings (SSSR count). The summed E-state index contributed by atoms with van der Waals surface area (Å²) in [6, 6.07) is 3.77. The Kier molecular flexibility index (Phi) is 6.24. The molecule has 0 radical (unpaired) electrons. The maximum absolute atomic E-state index is 13.1. The van der Waals surface area contributed by atoms with Crippen molar-refractivity contribution in [3.05, 3.63) is 35.1 Å². The molecule has 4 N–H and O–H groups in total. The van der Waals surface area contributed by atoms with Crippen molar-refractivity contribution < 1.29 is 49.0 Å². The van der Waals surface area contributed by atoms with Gasteiger partial charge in [-0.25, -0.2) is 4.79 Å². The minimum atomic E-state index is -1.84. The van der Waals surface area contributed by atoms with E-state index in [0.717, 1.165) is 17.7 Å². The van der Waals surface area contributed by atoms with E-state index in [2.05, 4.69) is 11.9 Å². The molecule has 11 nitrogen and oxygen atoms in total. The van der Waals surface area contributed by atoms with Crippen LogP contribution in [-0.4, -0.2) is 102 Å².